The van der Waals surface area contributed by atoms with Crippen molar-refractivity contribution in [2.75, 3.05) is 5.32 Å². The lowest BCUT2D eigenvalue weighted by atomic mass is 10.0. The van der Waals surface area contributed by atoms with Gasteiger partial charge in [0.15, 0.2) is 0 Å². The Kier molecular flexibility index (Phi) is 12.6. The summed E-state index contributed by atoms with van der Waals surface area (Å²) in [6.45, 7) is 4.32. The van der Waals surface area contributed by atoms with Crippen LogP contribution in [0.3, 0.4) is 0 Å². The number of carbonyl (C=O) groups is 1. The number of H-pyrrole nitrogens is 2. The molecule has 0 saturated heterocycles. The third-order valence-corrected chi connectivity index (χ3v) is 6.14. The standard InChI is InChI=1S/C26H44N4O2/c1-3-4-5-6-7-8-9-10-11-12-13-14-15-16-17-21(2)27-25(31)28-22-18-19-23-24(20-22)30-26(32)29-23/h18-21H,3-17H2,1-2H3,(H2,27,28,31)(H2,29,30,32). The zero-order valence-corrected chi connectivity index (χ0v) is 20.2. The van der Waals surface area contributed by atoms with Crippen molar-refractivity contribution in [1.29, 1.82) is 0 Å². The molecule has 0 saturated carbocycles. The largest absolute Gasteiger partial charge is 0.335 e. The Labute approximate surface area is 193 Å². The van der Waals surface area contributed by atoms with Gasteiger partial charge in [0.25, 0.3) is 0 Å². The number of benzene rings is 1. The normalized spacial score (nSPS) is 12.2. The fraction of sp³-hybridized carbons (Fsp3) is 0.692. The number of imidazole rings is 1. The van der Waals surface area contributed by atoms with Gasteiger partial charge < -0.3 is 20.6 Å². The lowest BCUT2D eigenvalue weighted by molar-refractivity contribution is 0.248. The van der Waals surface area contributed by atoms with Gasteiger partial charge in [-0.3, -0.25) is 0 Å². The molecule has 0 radical (unpaired) electrons. The van der Waals surface area contributed by atoms with Gasteiger partial charge in [-0.25, -0.2) is 9.59 Å². The molecule has 6 nitrogen and oxygen atoms in total. The minimum atomic E-state index is -0.247. The van der Waals surface area contributed by atoms with E-state index in [0.717, 1.165) is 18.4 Å². The van der Waals surface area contributed by atoms with Gasteiger partial charge in [-0.2, -0.15) is 0 Å². The molecule has 0 aliphatic heterocycles. The summed E-state index contributed by atoms with van der Waals surface area (Å²) in [4.78, 5) is 28.9. The number of anilines is 1. The Morgan fingerprint density at radius 3 is 1.94 bits per heavy atom. The summed E-state index contributed by atoms with van der Waals surface area (Å²) in [5, 5.41) is 5.84. The number of nitrogens with one attached hydrogen (secondary N) is 4. The molecule has 0 aliphatic carbocycles. The fourth-order valence-electron chi connectivity index (χ4n) is 4.22. The second-order valence-corrected chi connectivity index (χ2v) is 9.22. The van der Waals surface area contributed by atoms with Crippen LogP contribution in [0.2, 0.25) is 0 Å². The van der Waals surface area contributed by atoms with Crippen LogP contribution in [0.4, 0.5) is 10.5 Å². The minimum absolute atomic E-state index is 0.142. The highest BCUT2D eigenvalue weighted by Crippen LogP contribution is 2.15. The van der Waals surface area contributed by atoms with E-state index in [2.05, 4.69) is 34.4 Å². The number of aromatic nitrogens is 2. The molecular formula is C26H44N4O2. The zero-order valence-electron chi connectivity index (χ0n) is 20.2. The molecule has 2 rings (SSSR count). The molecule has 1 aromatic carbocycles. The van der Waals surface area contributed by atoms with E-state index in [0.29, 0.717) is 11.2 Å². The van der Waals surface area contributed by atoms with Crippen LogP contribution in [0.1, 0.15) is 110 Å². The van der Waals surface area contributed by atoms with Gasteiger partial charge in [-0.15, -0.1) is 0 Å². The number of hydrogen-bond acceptors (Lipinski definition) is 2. The molecule has 2 amide bonds. The van der Waals surface area contributed by atoms with Crippen molar-refractivity contribution >= 4 is 22.8 Å². The molecular weight excluding hydrogens is 400 g/mol. The van der Waals surface area contributed by atoms with E-state index >= 15 is 0 Å². The van der Waals surface area contributed by atoms with Crippen LogP contribution in [-0.2, 0) is 0 Å². The first-order valence-electron chi connectivity index (χ1n) is 12.9. The Morgan fingerprint density at radius 2 is 1.34 bits per heavy atom. The van der Waals surface area contributed by atoms with Crippen molar-refractivity contribution in [3.63, 3.8) is 0 Å². The van der Waals surface area contributed by atoms with E-state index in [9.17, 15) is 9.59 Å². The maximum Gasteiger partial charge on any atom is 0.323 e. The monoisotopic (exact) mass is 444 g/mol. The van der Waals surface area contributed by atoms with Crippen molar-refractivity contribution in [2.24, 2.45) is 0 Å². The summed E-state index contributed by atoms with van der Waals surface area (Å²) < 4.78 is 0. The average Bonchev–Trinajstić information content (AvgIpc) is 3.13. The van der Waals surface area contributed by atoms with Gasteiger partial charge in [0.2, 0.25) is 0 Å². The molecule has 6 heteroatoms. The quantitative estimate of drug-likeness (QED) is 0.194. The molecule has 0 aliphatic rings. The van der Waals surface area contributed by atoms with E-state index in [1.54, 1.807) is 18.2 Å². The summed E-state index contributed by atoms with van der Waals surface area (Å²) in [6, 6.07) is 5.25. The van der Waals surface area contributed by atoms with E-state index in [1.165, 1.54) is 83.5 Å². The lowest BCUT2D eigenvalue weighted by Gasteiger charge is -2.14. The van der Waals surface area contributed by atoms with Crippen molar-refractivity contribution in [1.82, 2.24) is 15.3 Å². The summed E-state index contributed by atoms with van der Waals surface area (Å²) >= 11 is 0. The summed E-state index contributed by atoms with van der Waals surface area (Å²) in [7, 11) is 0. The predicted molar refractivity (Wildman–Crippen MR) is 135 cm³/mol. The van der Waals surface area contributed by atoms with E-state index < -0.39 is 0 Å². The van der Waals surface area contributed by atoms with Gasteiger partial charge >= 0.3 is 11.7 Å². The van der Waals surface area contributed by atoms with Crippen molar-refractivity contribution in [3.8, 4) is 0 Å². The van der Waals surface area contributed by atoms with Crippen LogP contribution in [0, 0.1) is 0 Å². The van der Waals surface area contributed by atoms with Crippen molar-refractivity contribution < 1.29 is 4.79 Å². The minimum Gasteiger partial charge on any atom is -0.335 e. The number of rotatable bonds is 17. The molecule has 1 aromatic heterocycles. The average molecular weight is 445 g/mol. The van der Waals surface area contributed by atoms with Crippen molar-refractivity contribution in [2.45, 2.75) is 116 Å². The first-order chi connectivity index (χ1) is 15.6. The van der Waals surface area contributed by atoms with E-state index in [1.807, 2.05) is 0 Å². The molecule has 0 bridgehead atoms. The maximum atomic E-state index is 12.2. The first kappa shape index (κ1) is 26.0. The maximum absolute atomic E-state index is 12.2. The number of unbranched alkanes of at least 4 members (excludes halogenated alkanes) is 13. The molecule has 1 unspecified atom stereocenters. The van der Waals surface area contributed by atoms with Crippen LogP contribution in [0.15, 0.2) is 23.0 Å². The second kappa shape index (κ2) is 15.5. The number of fused-ring (bicyclic) bond motifs is 1. The molecule has 0 spiro atoms. The first-order valence-corrected chi connectivity index (χ1v) is 12.9. The Balaban J connectivity index is 1.43. The molecule has 0 fully saturated rings. The Hall–Kier alpha value is -2.24. The Morgan fingerprint density at radius 1 is 0.812 bits per heavy atom. The molecule has 4 N–H and O–H groups in total. The second-order valence-electron chi connectivity index (χ2n) is 9.22. The van der Waals surface area contributed by atoms with Crippen LogP contribution in [-0.4, -0.2) is 22.0 Å². The van der Waals surface area contributed by atoms with E-state index in [-0.39, 0.29) is 17.8 Å². The van der Waals surface area contributed by atoms with E-state index in [4.69, 9.17) is 0 Å². The van der Waals surface area contributed by atoms with Crippen molar-refractivity contribution in [3.05, 3.63) is 28.7 Å². The summed E-state index contributed by atoms with van der Waals surface area (Å²) in [5.41, 5.74) is 1.83. The SMILES string of the molecule is CCCCCCCCCCCCCCCCC(C)NC(=O)Nc1ccc2[nH]c(=O)[nH]c2c1. The predicted octanol–water partition coefficient (Wildman–Crippen LogP) is 7.24. The fourth-order valence-corrected chi connectivity index (χ4v) is 4.22. The van der Waals surface area contributed by atoms with Gasteiger partial charge in [0.1, 0.15) is 0 Å². The third-order valence-electron chi connectivity index (χ3n) is 6.14. The molecule has 32 heavy (non-hydrogen) atoms. The number of aromatic amines is 2. The summed E-state index contributed by atoms with van der Waals surface area (Å²) in [5.74, 6) is 0. The van der Waals surface area contributed by atoms with Crippen LogP contribution in [0.5, 0.6) is 0 Å². The third kappa shape index (κ3) is 10.9. The van der Waals surface area contributed by atoms with Gasteiger partial charge in [-0.1, -0.05) is 96.8 Å². The molecule has 1 atom stereocenters. The number of carbonyl (C=O) groups excluding carboxylic acids is 1. The topological polar surface area (TPSA) is 89.8 Å². The Bertz CT molecular complexity index is 827. The highest BCUT2D eigenvalue weighted by Gasteiger charge is 2.08. The molecule has 1 heterocycles. The molecule has 2 aromatic rings. The summed E-state index contributed by atoms with van der Waals surface area (Å²) in [6.07, 6.45) is 20.0. The molecule has 180 valence electrons. The lowest BCUT2D eigenvalue weighted by Crippen LogP contribution is -2.36. The van der Waals surface area contributed by atoms with Crippen LogP contribution < -0.4 is 16.3 Å². The number of hydrogen-bond donors (Lipinski definition) is 4. The number of amides is 2. The van der Waals surface area contributed by atoms with Crippen LogP contribution >= 0.6 is 0 Å². The van der Waals surface area contributed by atoms with Gasteiger partial charge in [0.05, 0.1) is 11.0 Å². The van der Waals surface area contributed by atoms with Gasteiger partial charge in [0, 0.05) is 11.7 Å². The van der Waals surface area contributed by atoms with Gasteiger partial charge in [-0.05, 0) is 31.5 Å². The highest BCUT2D eigenvalue weighted by molar-refractivity contribution is 5.91. The number of urea groups is 1. The highest BCUT2D eigenvalue weighted by atomic mass is 16.2. The zero-order chi connectivity index (χ0) is 23.0. The smallest absolute Gasteiger partial charge is 0.323 e. The van der Waals surface area contributed by atoms with Crippen LogP contribution in [0.25, 0.3) is 11.0 Å².